The molecule has 3 rings (SSSR count). The number of aromatic nitrogens is 3. The lowest BCUT2D eigenvalue weighted by Gasteiger charge is -2.07. The maximum Gasteiger partial charge on any atom is 0.292 e. The Hall–Kier alpha value is -3.79. The van der Waals surface area contributed by atoms with Gasteiger partial charge in [0.15, 0.2) is 5.69 Å². The van der Waals surface area contributed by atoms with E-state index < -0.39 is 16.7 Å². The van der Waals surface area contributed by atoms with Crippen molar-refractivity contribution in [3.8, 4) is 5.69 Å². The third-order valence-electron chi connectivity index (χ3n) is 3.81. The van der Waals surface area contributed by atoms with Crippen LogP contribution in [-0.4, -0.2) is 31.7 Å². The van der Waals surface area contributed by atoms with Crippen LogP contribution < -0.4 is 10.9 Å². The number of amides is 2. The van der Waals surface area contributed by atoms with Crippen molar-refractivity contribution in [2.45, 2.75) is 6.92 Å². The minimum Gasteiger partial charge on any atom is -0.267 e. The van der Waals surface area contributed by atoms with E-state index in [-0.39, 0.29) is 11.4 Å². The highest BCUT2D eigenvalue weighted by Gasteiger charge is 2.18. The summed E-state index contributed by atoms with van der Waals surface area (Å²) < 4.78 is 1.36. The fourth-order valence-corrected chi connectivity index (χ4v) is 2.47. The molecule has 0 saturated heterocycles. The van der Waals surface area contributed by atoms with Crippen LogP contribution >= 0.6 is 11.6 Å². The van der Waals surface area contributed by atoms with Crippen LogP contribution in [0.1, 0.15) is 26.5 Å². The summed E-state index contributed by atoms with van der Waals surface area (Å²) in [5.74, 6) is -1.18. The zero-order chi connectivity index (χ0) is 20.3. The second-order valence-corrected chi connectivity index (χ2v) is 6.06. The zero-order valence-electron chi connectivity index (χ0n) is 14.4. The second kappa shape index (κ2) is 7.84. The highest BCUT2D eigenvalue weighted by atomic mass is 35.5. The Balaban J connectivity index is 1.70. The normalized spacial score (nSPS) is 10.4. The fourth-order valence-electron chi connectivity index (χ4n) is 2.35. The second-order valence-electron chi connectivity index (χ2n) is 5.62. The first-order chi connectivity index (χ1) is 13.4. The van der Waals surface area contributed by atoms with Gasteiger partial charge in [-0.3, -0.25) is 30.6 Å². The molecule has 2 N–H and O–H groups in total. The van der Waals surface area contributed by atoms with E-state index in [0.29, 0.717) is 22.0 Å². The molecule has 2 amide bonds. The molecule has 0 saturated carbocycles. The van der Waals surface area contributed by atoms with Gasteiger partial charge in [-0.15, -0.1) is 5.10 Å². The van der Waals surface area contributed by atoms with Crippen molar-refractivity contribution < 1.29 is 14.5 Å². The van der Waals surface area contributed by atoms with Crippen molar-refractivity contribution in [3.05, 3.63) is 80.6 Å². The monoisotopic (exact) mass is 400 g/mol. The number of benzene rings is 2. The molecule has 0 aliphatic carbocycles. The average Bonchev–Trinajstić information content (AvgIpc) is 3.08. The predicted molar refractivity (Wildman–Crippen MR) is 99.1 cm³/mol. The third-order valence-corrected chi connectivity index (χ3v) is 4.06. The van der Waals surface area contributed by atoms with E-state index in [1.807, 2.05) is 0 Å². The Bertz CT molecular complexity index is 1050. The molecule has 28 heavy (non-hydrogen) atoms. The van der Waals surface area contributed by atoms with Crippen LogP contribution in [0.15, 0.2) is 48.5 Å². The molecule has 1 heterocycles. The van der Waals surface area contributed by atoms with Crippen LogP contribution in [-0.2, 0) is 0 Å². The van der Waals surface area contributed by atoms with Gasteiger partial charge >= 0.3 is 0 Å². The van der Waals surface area contributed by atoms with Gasteiger partial charge in [-0.25, -0.2) is 4.68 Å². The molecule has 10 nitrogen and oxygen atoms in total. The molecule has 0 unspecified atom stereocenters. The molecule has 0 atom stereocenters. The number of nitrogens with one attached hydrogen (secondary N) is 2. The molecular formula is C17H13ClN6O4. The first-order valence-electron chi connectivity index (χ1n) is 7.90. The number of nitrogens with zero attached hydrogens (tertiary/aromatic N) is 4. The number of non-ortho nitro benzene ring substituents is 1. The number of rotatable bonds is 4. The maximum atomic E-state index is 12.3. The Morgan fingerprint density at radius 2 is 1.64 bits per heavy atom. The molecule has 0 bridgehead atoms. The lowest BCUT2D eigenvalue weighted by Crippen LogP contribution is -2.42. The van der Waals surface area contributed by atoms with Crippen LogP contribution in [0.3, 0.4) is 0 Å². The molecule has 3 aromatic rings. The van der Waals surface area contributed by atoms with E-state index in [2.05, 4.69) is 21.2 Å². The van der Waals surface area contributed by atoms with Gasteiger partial charge in [-0.1, -0.05) is 16.8 Å². The van der Waals surface area contributed by atoms with E-state index in [1.165, 1.54) is 41.1 Å². The summed E-state index contributed by atoms with van der Waals surface area (Å²) >= 11 is 5.77. The number of carbonyl (C=O) groups is 2. The van der Waals surface area contributed by atoms with Gasteiger partial charge in [-0.2, -0.15) is 0 Å². The Morgan fingerprint density at radius 1 is 1.04 bits per heavy atom. The minimum atomic E-state index is -0.659. The summed E-state index contributed by atoms with van der Waals surface area (Å²) in [5, 5.41) is 18.9. The van der Waals surface area contributed by atoms with Gasteiger partial charge in [0.25, 0.3) is 17.5 Å². The Labute approximate surface area is 163 Å². The molecule has 1 aromatic heterocycles. The first kappa shape index (κ1) is 19.0. The number of nitro groups is 1. The van der Waals surface area contributed by atoms with E-state index in [0.717, 1.165) is 0 Å². The standard InChI is InChI=1S/C17H13ClN6O4/c1-10-15(17(26)21-20-16(25)11-2-4-12(18)5-3-11)19-22-23(10)13-6-8-14(9-7-13)24(27)28/h2-9H,1H3,(H,20,25)(H,21,26). The molecular weight excluding hydrogens is 388 g/mol. The lowest BCUT2D eigenvalue weighted by molar-refractivity contribution is -0.384. The van der Waals surface area contributed by atoms with Crippen molar-refractivity contribution >= 4 is 29.1 Å². The molecule has 0 radical (unpaired) electrons. The van der Waals surface area contributed by atoms with Crippen LogP contribution in [0.4, 0.5) is 5.69 Å². The molecule has 0 aliphatic heterocycles. The van der Waals surface area contributed by atoms with Gasteiger partial charge in [0.1, 0.15) is 0 Å². The van der Waals surface area contributed by atoms with Gasteiger partial charge in [0.2, 0.25) is 0 Å². The quantitative estimate of drug-likeness (QED) is 0.509. The average molecular weight is 401 g/mol. The van der Waals surface area contributed by atoms with Crippen LogP contribution in [0.25, 0.3) is 5.69 Å². The van der Waals surface area contributed by atoms with Gasteiger partial charge in [-0.05, 0) is 43.3 Å². The molecule has 0 aliphatic rings. The SMILES string of the molecule is Cc1c(C(=O)NNC(=O)c2ccc(Cl)cc2)nnn1-c1ccc([N+](=O)[O-])cc1. The third kappa shape index (κ3) is 3.96. The van der Waals surface area contributed by atoms with Crippen molar-refractivity contribution in [3.63, 3.8) is 0 Å². The zero-order valence-corrected chi connectivity index (χ0v) is 15.2. The van der Waals surface area contributed by atoms with E-state index in [1.54, 1.807) is 19.1 Å². The molecule has 11 heteroatoms. The van der Waals surface area contributed by atoms with Gasteiger partial charge < -0.3 is 0 Å². The highest BCUT2D eigenvalue weighted by molar-refractivity contribution is 6.30. The minimum absolute atomic E-state index is 0.00485. The summed E-state index contributed by atoms with van der Waals surface area (Å²) in [7, 11) is 0. The van der Waals surface area contributed by atoms with Crippen molar-refractivity contribution in [1.82, 2.24) is 25.8 Å². The smallest absolute Gasteiger partial charge is 0.267 e. The van der Waals surface area contributed by atoms with E-state index >= 15 is 0 Å². The number of hydrogen-bond acceptors (Lipinski definition) is 6. The summed E-state index contributed by atoms with van der Waals surface area (Å²) in [6.45, 7) is 1.61. The predicted octanol–water partition coefficient (Wildman–Crippen LogP) is 2.21. The van der Waals surface area contributed by atoms with E-state index in [4.69, 9.17) is 11.6 Å². The number of carbonyl (C=O) groups excluding carboxylic acids is 2. The number of hydrazine groups is 1. The van der Waals surface area contributed by atoms with Crippen molar-refractivity contribution in [1.29, 1.82) is 0 Å². The van der Waals surface area contributed by atoms with Crippen LogP contribution in [0.2, 0.25) is 5.02 Å². The highest BCUT2D eigenvalue weighted by Crippen LogP contribution is 2.17. The first-order valence-corrected chi connectivity index (χ1v) is 8.28. The van der Waals surface area contributed by atoms with Crippen LogP contribution in [0, 0.1) is 17.0 Å². The van der Waals surface area contributed by atoms with Crippen molar-refractivity contribution in [2.24, 2.45) is 0 Å². The summed E-state index contributed by atoms with van der Waals surface area (Å²) in [6.07, 6.45) is 0. The Morgan fingerprint density at radius 3 is 2.25 bits per heavy atom. The summed E-state index contributed by atoms with van der Waals surface area (Å²) in [5.41, 5.74) is 5.68. The summed E-state index contributed by atoms with van der Waals surface area (Å²) in [6, 6.07) is 11.8. The molecule has 0 fully saturated rings. The lowest BCUT2D eigenvalue weighted by atomic mass is 10.2. The van der Waals surface area contributed by atoms with Crippen molar-refractivity contribution in [2.75, 3.05) is 0 Å². The van der Waals surface area contributed by atoms with E-state index in [9.17, 15) is 19.7 Å². The number of halogens is 1. The maximum absolute atomic E-state index is 12.3. The molecule has 2 aromatic carbocycles. The Kier molecular flexibility index (Phi) is 5.32. The molecule has 0 spiro atoms. The number of nitro benzene ring substituents is 1. The summed E-state index contributed by atoms with van der Waals surface area (Å²) in [4.78, 5) is 34.5. The molecule has 142 valence electrons. The number of hydrogen-bond donors (Lipinski definition) is 2. The fraction of sp³-hybridized carbons (Fsp3) is 0.0588. The largest absolute Gasteiger partial charge is 0.292 e. The van der Waals surface area contributed by atoms with Gasteiger partial charge in [0.05, 0.1) is 16.3 Å². The topological polar surface area (TPSA) is 132 Å². The van der Waals surface area contributed by atoms with Crippen LogP contribution in [0.5, 0.6) is 0 Å². The van der Waals surface area contributed by atoms with Gasteiger partial charge in [0, 0.05) is 22.7 Å².